The molecule has 0 radical (unpaired) electrons. The Labute approximate surface area is 155 Å². The second-order valence-electron chi connectivity index (χ2n) is 6.99. The lowest BCUT2D eigenvalue weighted by Gasteiger charge is -2.33. The number of sulfonamides is 1. The van der Waals surface area contributed by atoms with Crippen LogP contribution in [0, 0.1) is 5.92 Å². The van der Waals surface area contributed by atoms with Crippen molar-refractivity contribution in [3.63, 3.8) is 0 Å². The van der Waals surface area contributed by atoms with Gasteiger partial charge in [-0.25, -0.2) is 8.42 Å². The van der Waals surface area contributed by atoms with Crippen LogP contribution >= 0.6 is 0 Å². The molecule has 26 heavy (non-hydrogen) atoms. The van der Waals surface area contributed by atoms with E-state index in [1.165, 1.54) is 17.1 Å². The van der Waals surface area contributed by atoms with E-state index in [1.54, 1.807) is 24.3 Å². The largest absolute Gasteiger partial charge is 0.325 e. The molecule has 0 unspecified atom stereocenters. The smallest absolute Gasteiger partial charge is 0.243 e. The molecule has 0 aromatic heterocycles. The van der Waals surface area contributed by atoms with E-state index in [-0.39, 0.29) is 17.3 Å². The number of likely N-dealkylation sites (N-methyl/N-ethyl adjacent to an activating group) is 1. The van der Waals surface area contributed by atoms with Crippen molar-refractivity contribution in [2.75, 3.05) is 51.1 Å². The Morgan fingerprint density at radius 3 is 2.58 bits per heavy atom. The number of anilines is 1. The molecule has 8 heteroatoms. The number of rotatable bonds is 8. The number of carbonyl (C=O) groups is 1. The van der Waals surface area contributed by atoms with Crippen LogP contribution in [0.4, 0.5) is 5.69 Å². The number of nitrogens with zero attached hydrogens (tertiary/aromatic N) is 2. The second kappa shape index (κ2) is 8.47. The van der Waals surface area contributed by atoms with E-state index in [0.29, 0.717) is 24.7 Å². The maximum Gasteiger partial charge on any atom is 0.243 e. The number of carbonyl (C=O) groups excluding carboxylic acids is 1. The predicted octanol–water partition coefficient (Wildman–Crippen LogP) is 0.951. The first-order valence-corrected chi connectivity index (χ1v) is 10.8. The van der Waals surface area contributed by atoms with Crippen molar-refractivity contribution in [2.24, 2.45) is 5.92 Å². The minimum absolute atomic E-state index is 0.156. The molecule has 2 fully saturated rings. The van der Waals surface area contributed by atoms with Crippen LogP contribution in [0.1, 0.15) is 19.8 Å². The summed E-state index contributed by atoms with van der Waals surface area (Å²) in [4.78, 5) is 14.5. The number of piperazine rings is 1. The minimum Gasteiger partial charge on any atom is -0.325 e. The average molecular weight is 381 g/mol. The highest BCUT2D eigenvalue weighted by molar-refractivity contribution is 7.89. The Balaban J connectivity index is 1.59. The molecule has 1 saturated carbocycles. The molecule has 0 atom stereocenters. The van der Waals surface area contributed by atoms with Gasteiger partial charge in [0.2, 0.25) is 15.9 Å². The van der Waals surface area contributed by atoms with Gasteiger partial charge in [0.25, 0.3) is 0 Å². The summed E-state index contributed by atoms with van der Waals surface area (Å²) in [5, 5.41) is 5.91. The molecule has 1 aliphatic carbocycles. The summed E-state index contributed by atoms with van der Waals surface area (Å²) in [7, 11) is -3.53. The van der Waals surface area contributed by atoms with Crippen molar-refractivity contribution < 1.29 is 13.2 Å². The third-order valence-electron chi connectivity index (χ3n) is 4.95. The molecule has 1 aromatic carbocycles. The molecule has 1 heterocycles. The molecule has 2 aliphatic rings. The minimum atomic E-state index is -3.53. The summed E-state index contributed by atoms with van der Waals surface area (Å²) >= 11 is 0. The van der Waals surface area contributed by atoms with Crippen LogP contribution in [0.15, 0.2) is 29.2 Å². The zero-order valence-electron chi connectivity index (χ0n) is 15.3. The Kier molecular flexibility index (Phi) is 6.29. The summed E-state index contributed by atoms with van der Waals surface area (Å²) in [6.07, 6.45) is 2.47. The maximum atomic E-state index is 12.9. The topological polar surface area (TPSA) is 81.8 Å². The first kappa shape index (κ1) is 19.3. The van der Waals surface area contributed by atoms with Crippen LogP contribution in [0.3, 0.4) is 0 Å². The molecule has 144 valence electrons. The van der Waals surface area contributed by atoms with Crippen LogP contribution in [-0.2, 0) is 14.8 Å². The van der Waals surface area contributed by atoms with Gasteiger partial charge in [0.1, 0.15) is 0 Å². The van der Waals surface area contributed by atoms with E-state index in [9.17, 15) is 13.2 Å². The molecule has 7 nitrogen and oxygen atoms in total. The highest BCUT2D eigenvalue weighted by Gasteiger charge is 2.28. The highest BCUT2D eigenvalue weighted by Crippen LogP contribution is 2.27. The number of nitrogens with one attached hydrogen (secondary N) is 2. The Bertz CT molecular complexity index is 726. The van der Waals surface area contributed by atoms with Crippen molar-refractivity contribution in [3.8, 4) is 0 Å². The van der Waals surface area contributed by atoms with Crippen molar-refractivity contribution in [1.82, 2.24) is 14.5 Å². The highest BCUT2D eigenvalue weighted by atomic mass is 32.2. The predicted molar refractivity (Wildman–Crippen MR) is 102 cm³/mol. The summed E-state index contributed by atoms with van der Waals surface area (Å²) < 4.78 is 27.2. The van der Waals surface area contributed by atoms with E-state index >= 15 is 0 Å². The van der Waals surface area contributed by atoms with E-state index < -0.39 is 10.0 Å². The third-order valence-corrected chi connectivity index (χ3v) is 6.84. The van der Waals surface area contributed by atoms with Gasteiger partial charge in [-0.2, -0.15) is 4.31 Å². The molecular weight excluding hydrogens is 352 g/mol. The van der Waals surface area contributed by atoms with Crippen LogP contribution in [0.5, 0.6) is 0 Å². The van der Waals surface area contributed by atoms with Crippen LogP contribution in [0.25, 0.3) is 0 Å². The van der Waals surface area contributed by atoms with Gasteiger partial charge < -0.3 is 15.5 Å². The molecule has 1 saturated heterocycles. The summed E-state index contributed by atoms with van der Waals surface area (Å²) in [6.45, 7) is 6.62. The van der Waals surface area contributed by atoms with Gasteiger partial charge in [0, 0.05) is 31.9 Å². The quantitative estimate of drug-likeness (QED) is 0.702. The second-order valence-corrected chi connectivity index (χ2v) is 8.93. The fourth-order valence-corrected chi connectivity index (χ4v) is 4.56. The Morgan fingerprint density at radius 2 is 1.92 bits per heavy atom. The van der Waals surface area contributed by atoms with E-state index in [4.69, 9.17) is 0 Å². The molecule has 1 aromatic rings. The zero-order valence-corrected chi connectivity index (χ0v) is 16.1. The third kappa shape index (κ3) is 5.03. The van der Waals surface area contributed by atoms with Crippen molar-refractivity contribution >= 4 is 21.6 Å². The Morgan fingerprint density at radius 1 is 1.19 bits per heavy atom. The summed E-state index contributed by atoms with van der Waals surface area (Å²) in [5.41, 5.74) is 0.511. The van der Waals surface area contributed by atoms with Gasteiger partial charge in [0.15, 0.2) is 0 Å². The lowest BCUT2D eigenvalue weighted by atomic mass is 10.3. The van der Waals surface area contributed by atoms with E-state index in [1.807, 2.05) is 0 Å². The van der Waals surface area contributed by atoms with Crippen molar-refractivity contribution in [1.29, 1.82) is 0 Å². The SMILES string of the molecule is CCN1CCN(S(=O)(=O)c2cccc(NC(=O)CNCC3CC3)c2)CC1. The van der Waals surface area contributed by atoms with Gasteiger partial charge in [-0.1, -0.05) is 13.0 Å². The van der Waals surface area contributed by atoms with Gasteiger partial charge in [-0.15, -0.1) is 0 Å². The summed E-state index contributed by atoms with van der Waals surface area (Å²) in [5.74, 6) is 0.557. The monoisotopic (exact) mass is 380 g/mol. The van der Waals surface area contributed by atoms with Gasteiger partial charge in [0.05, 0.1) is 11.4 Å². The lowest BCUT2D eigenvalue weighted by molar-refractivity contribution is -0.115. The molecule has 0 spiro atoms. The van der Waals surface area contributed by atoms with E-state index in [2.05, 4.69) is 22.5 Å². The lowest BCUT2D eigenvalue weighted by Crippen LogP contribution is -2.48. The van der Waals surface area contributed by atoms with Crippen molar-refractivity contribution in [3.05, 3.63) is 24.3 Å². The van der Waals surface area contributed by atoms with E-state index in [0.717, 1.165) is 26.2 Å². The first-order valence-electron chi connectivity index (χ1n) is 9.32. The maximum absolute atomic E-state index is 12.9. The number of hydrogen-bond donors (Lipinski definition) is 2. The molecular formula is C18H28N4O3S. The Hall–Kier alpha value is -1.48. The molecule has 1 aliphatic heterocycles. The van der Waals surface area contributed by atoms with Gasteiger partial charge >= 0.3 is 0 Å². The number of benzene rings is 1. The normalized spacial score (nSPS) is 19.4. The van der Waals surface area contributed by atoms with Crippen LogP contribution in [-0.4, -0.2) is 69.3 Å². The number of amides is 1. The van der Waals surface area contributed by atoms with Gasteiger partial charge in [-0.3, -0.25) is 4.79 Å². The summed E-state index contributed by atoms with van der Waals surface area (Å²) in [6, 6.07) is 6.51. The average Bonchev–Trinajstić information content (AvgIpc) is 3.46. The molecule has 2 N–H and O–H groups in total. The van der Waals surface area contributed by atoms with Gasteiger partial charge in [-0.05, 0) is 50.0 Å². The molecule has 0 bridgehead atoms. The fraction of sp³-hybridized carbons (Fsp3) is 0.611. The van der Waals surface area contributed by atoms with Crippen molar-refractivity contribution in [2.45, 2.75) is 24.7 Å². The van der Waals surface area contributed by atoms with Crippen LogP contribution < -0.4 is 10.6 Å². The molecule has 1 amide bonds. The molecule has 3 rings (SSSR count). The first-order chi connectivity index (χ1) is 12.5. The number of hydrogen-bond acceptors (Lipinski definition) is 5. The zero-order chi connectivity index (χ0) is 18.6. The van der Waals surface area contributed by atoms with Crippen LogP contribution in [0.2, 0.25) is 0 Å². The fourth-order valence-electron chi connectivity index (χ4n) is 3.09. The standard InChI is InChI=1S/C18H28N4O3S/c1-2-21-8-10-22(11-9-21)26(24,25)17-5-3-4-16(12-17)20-18(23)14-19-13-15-6-7-15/h3-5,12,15,19H,2,6-11,13-14H2,1H3,(H,20,23).